The van der Waals surface area contributed by atoms with Gasteiger partial charge < -0.3 is 15.5 Å². The third-order valence-corrected chi connectivity index (χ3v) is 4.48. The number of benzene rings is 1. The minimum atomic E-state index is -0.511. The van der Waals surface area contributed by atoms with Crippen molar-refractivity contribution in [1.29, 1.82) is 0 Å². The largest absolute Gasteiger partial charge is 0.371 e. The number of non-ortho nitro benzene ring substituents is 1. The SMILES string of the molecule is CNC(=O)CCNC(=O)c1cc([N+](=O)[O-])ccc1N1CCC(C)CC1. The molecule has 1 heterocycles. The molecule has 0 aliphatic carbocycles. The first-order valence-corrected chi connectivity index (χ1v) is 8.44. The van der Waals surface area contributed by atoms with Crippen molar-refractivity contribution in [1.82, 2.24) is 10.6 Å². The Morgan fingerprint density at radius 3 is 2.60 bits per heavy atom. The van der Waals surface area contributed by atoms with E-state index in [1.807, 2.05) is 0 Å². The fraction of sp³-hybridized carbons (Fsp3) is 0.529. The van der Waals surface area contributed by atoms with Crippen LogP contribution in [0.1, 0.15) is 36.5 Å². The van der Waals surface area contributed by atoms with E-state index in [0.29, 0.717) is 11.6 Å². The highest BCUT2D eigenvalue weighted by Crippen LogP contribution is 2.29. The van der Waals surface area contributed by atoms with Crippen LogP contribution in [0.5, 0.6) is 0 Å². The lowest BCUT2D eigenvalue weighted by molar-refractivity contribution is -0.384. The number of nitrogens with zero attached hydrogens (tertiary/aromatic N) is 2. The smallest absolute Gasteiger partial charge is 0.270 e. The van der Waals surface area contributed by atoms with Crippen molar-refractivity contribution in [3.63, 3.8) is 0 Å². The van der Waals surface area contributed by atoms with Crippen LogP contribution in [0.3, 0.4) is 0 Å². The highest BCUT2D eigenvalue weighted by molar-refractivity contribution is 6.00. The molecular weight excluding hydrogens is 324 g/mol. The minimum Gasteiger partial charge on any atom is -0.371 e. The zero-order valence-corrected chi connectivity index (χ0v) is 14.6. The number of carbonyl (C=O) groups is 2. The first-order valence-electron chi connectivity index (χ1n) is 8.44. The molecule has 136 valence electrons. The summed E-state index contributed by atoms with van der Waals surface area (Å²) in [6, 6.07) is 4.37. The Morgan fingerprint density at radius 1 is 1.32 bits per heavy atom. The maximum atomic E-state index is 12.5. The van der Waals surface area contributed by atoms with Gasteiger partial charge in [0.2, 0.25) is 5.91 Å². The molecule has 8 heteroatoms. The lowest BCUT2D eigenvalue weighted by atomic mass is 9.98. The van der Waals surface area contributed by atoms with Crippen molar-refractivity contribution in [2.75, 3.05) is 31.6 Å². The van der Waals surface area contributed by atoms with Crippen LogP contribution in [0.15, 0.2) is 18.2 Å². The van der Waals surface area contributed by atoms with Gasteiger partial charge >= 0.3 is 0 Å². The van der Waals surface area contributed by atoms with Gasteiger partial charge in [-0.3, -0.25) is 19.7 Å². The molecule has 0 atom stereocenters. The summed E-state index contributed by atoms with van der Waals surface area (Å²) < 4.78 is 0. The molecule has 0 bridgehead atoms. The molecule has 25 heavy (non-hydrogen) atoms. The molecule has 0 saturated carbocycles. The van der Waals surface area contributed by atoms with Crippen LogP contribution >= 0.6 is 0 Å². The number of rotatable bonds is 6. The second-order valence-corrected chi connectivity index (χ2v) is 6.31. The van der Waals surface area contributed by atoms with Gasteiger partial charge in [0.1, 0.15) is 0 Å². The molecule has 2 amide bonds. The summed E-state index contributed by atoms with van der Waals surface area (Å²) >= 11 is 0. The minimum absolute atomic E-state index is 0.120. The summed E-state index contributed by atoms with van der Waals surface area (Å²) in [6.45, 7) is 4.01. The highest BCUT2D eigenvalue weighted by Gasteiger charge is 2.23. The third-order valence-electron chi connectivity index (χ3n) is 4.48. The monoisotopic (exact) mass is 348 g/mol. The number of hydrogen-bond acceptors (Lipinski definition) is 5. The van der Waals surface area contributed by atoms with Crippen molar-refractivity contribution in [2.45, 2.75) is 26.2 Å². The lowest BCUT2D eigenvalue weighted by Crippen LogP contribution is -2.35. The normalized spacial score (nSPS) is 14.9. The van der Waals surface area contributed by atoms with Crippen LogP contribution in [0, 0.1) is 16.0 Å². The molecule has 2 rings (SSSR count). The predicted octanol–water partition coefficient (Wildman–Crippen LogP) is 1.70. The van der Waals surface area contributed by atoms with Gasteiger partial charge in [0, 0.05) is 45.2 Å². The molecule has 1 fully saturated rings. The summed E-state index contributed by atoms with van der Waals surface area (Å²) in [6.07, 6.45) is 2.21. The van der Waals surface area contributed by atoms with Crippen molar-refractivity contribution in [3.05, 3.63) is 33.9 Å². The lowest BCUT2D eigenvalue weighted by Gasteiger charge is -2.33. The molecular formula is C17H24N4O4. The molecule has 8 nitrogen and oxygen atoms in total. The first kappa shape index (κ1) is 18.7. The van der Waals surface area contributed by atoms with E-state index in [9.17, 15) is 19.7 Å². The van der Waals surface area contributed by atoms with E-state index >= 15 is 0 Å². The molecule has 1 aliphatic heterocycles. The molecule has 2 N–H and O–H groups in total. The number of nitrogens with one attached hydrogen (secondary N) is 2. The van der Waals surface area contributed by atoms with Crippen LogP contribution in [0.2, 0.25) is 0 Å². The number of piperidine rings is 1. The van der Waals surface area contributed by atoms with Gasteiger partial charge in [0.25, 0.3) is 11.6 Å². The maximum Gasteiger partial charge on any atom is 0.270 e. The second-order valence-electron chi connectivity index (χ2n) is 6.31. The second kappa shape index (κ2) is 8.46. The summed E-state index contributed by atoms with van der Waals surface area (Å²) in [4.78, 5) is 36.4. The standard InChI is InChI=1S/C17H24N4O4/c1-12-6-9-20(10-7-12)15-4-3-13(21(24)25)11-14(15)17(23)19-8-5-16(22)18-2/h3-4,11-12H,5-10H2,1-2H3,(H,18,22)(H,19,23). The molecule has 0 spiro atoms. The van der Waals surface area contributed by atoms with Gasteiger partial charge in [-0.05, 0) is 24.8 Å². The van der Waals surface area contributed by atoms with Gasteiger partial charge in [-0.15, -0.1) is 0 Å². The van der Waals surface area contributed by atoms with E-state index in [1.54, 1.807) is 6.07 Å². The topological polar surface area (TPSA) is 105 Å². The van der Waals surface area contributed by atoms with Crippen molar-refractivity contribution in [2.24, 2.45) is 5.92 Å². The van der Waals surface area contributed by atoms with E-state index in [1.165, 1.54) is 19.2 Å². The Labute approximate surface area is 146 Å². The quantitative estimate of drug-likeness (QED) is 0.601. The predicted molar refractivity (Wildman–Crippen MR) is 94.7 cm³/mol. The molecule has 1 aromatic carbocycles. The molecule has 0 aromatic heterocycles. The molecule has 0 unspecified atom stereocenters. The Bertz CT molecular complexity index is 654. The first-order chi connectivity index (χ1) is 11.9. The summed E-state index contributed by atoms with van der Waals surface area (Å²) in [5, 5.41) is 16.2. The number of amides is 2. The van der Waals surface area contributed by atoms with Gasteiger partial charge in [-0.25, -0.2) is 0 Å². The number of carbonyl (C=O) groups excluding carboxylic acids is 2. The number of nitro benzene ring substituents is 1. The average Bonchev–Trinajstić information content (AvgIpc) is 2.61. The van der Waals surface area contributed by atoms with Gasteiger partial charge in [-0.1, -0.05) is 6.92 Å². The zero-order chi connectivity index (χ0) is 18.4. The van der Waals surface area contributed by atoms with Gasteiger partial charge in [-0.2, -0.15) is 0 Å². The van der Waals surface area contributed by atoms with E-state index in [2.05, 4.69) is 22.5 Å². The third kappa shape index (κ3) is 4.91. The van der Waals surface area contributed by atoms with Crippen molar-refractivity contribution >= 4 is 23.2 Å². The van der Waals surface area contributed by atoms with E-state index in [0.717, 1.165) is 25.9 Å². The fourth-order valence-electron chi connectivity index (χ4n) is 2.85. The molecule has 1 aromatic rings. The van der Waals surface area contributed by atoms with Crippen LogP contribution in [-0.4, -0.2) is 43.4 Å². The Balaban J connectivity index is 2.19. The van der Waals surface area contributed by atoms with Crippen molar-refractivity contribution in [3.8, 4) is 0 Å². The Hall–Kier alpha value is -2.64. The number of hydrogen-bond donors (Lipinski definition) is 2. The van der Waals surface area contributed by atoms with Crippen LogP contribution in [0.4, 0.5) is 11.4 Å². The molecule has 1 saturated heterocycles. The molecule has 1 aliphatic rings. The summed E-state index contributed by atoms with van der Waals surface area (Å²) in [5.41, 5.74) is 0.862. The van der Waals surface area contributed by atoms with E-state index < -0.39 is 10.8 Å². The van der Waals surface area contributed by atoms with Crippen LogP contribution < -0.4 is 15.5 Å². The maximum absolute atomic E-state index is 12.5. The highest BCUT2D eigenvalue weighted by atomic mass is 16.6. The number of nitro groups is 1. The number of anilines is 1. The van der Waals surface area contributed by atoms with Crippen LogP contribution in [0.25, 0.3) is 0 Å². The van der Waals surface area contributed by atoms with Crippen molar-refractivity contribution < 1.29 is 14.5 Å². The fourth-order valence-corrected chi connectivity index (χ4v) is 2.85. The van der Waals surface area contributed by atoms with E-state index in [4.69, 9.17) is 0 Å². The Morgan fingerprint density at radius 2 is 2.00 bits per heavy atom. The van der Waals surface area contributed by atoms with E-state index in [-0.39, 0.29) is 30.1 Å². The molecule has 0 radical (unpaired) electrons. The summed E-state index contributed by atoms with van der Waals surface area (Å²) in [5.74, 6) is 0.0601. The van der Waals surface area contributed by atoms with Gasteiger partial charge in [0.15, 0.2) is 0 Å². The average molecular weight is 348 g/mol. The van der Waals surface area contributed by atoms with Crippen LogP contribution in [-0.2, 0) is 4.79 Å². The Kier molecular flexibility index (Phi) is 6.32. The summed E-state index contributed by atoms with van der Waals surface area (Å²) in [7, 11) is 1.53. The zero-order valence-electron chi connectivity index (χ0n) is 14.6. The van der Waals surface area contributed by atoms with Gasteiger partial charge in [0.05, 0.1) is 16.2 Å².